The lowest BCUT2D eigenvalue weighted by Gasteiger charge is -2.11. The van der Waals surface area contributed by atoms with Crippen molar-refractivity contribution in [1.82, 2.24) is 25.1 Å². The number of rotatable bonds is 9. The van der Waals surface area contributed by atoms with E-state index in [1.165, 1.54) is 11.8 Å². The molecule has 0 aliphatic heterocycles. The van der Waals surface area contributed by atoms with Gasteiger partial charge in [0, 0.05) is 35.8 Å². The fourth-order valence-corrected chi connectivity index (χ4v) is 4.50. The molecule has 0 radical (unpaired) electrons. The number of aromatic nitrogens is 4. The molecule has 35 heavy (non-hydrogen) atoms. The van der Waals surface area contributed by atoms with E-state index < -0.39 is 9.84 Å². The summed E-state index contributed by atoms with van der Waals surface area (Å²) >= 11 is 0. The van der Waals surface area contributed by atoms with Crippen LogP contribution in [0.15, 0.2) is 79.3 Å². The fraction of sp³-hybridized carbons (Fsp3) is 0.192. The molecule has 9 heteroatoms. The van der Waals surface area contributed by atoms with Crippen LogP contribution in [0.5, 0.6) is 0 Å². The van der Waals surface area contributed by atoms with Crippen LogP contribution in [-0.2, 0) is 22.9 Å². The molecule has 0 unspecified atom stereocenters. The second kappa shape index (κ2) is 9.81. The third kappa shape index (κ3) is 5.64. The van der Waals surface area contributed by atoms with Crippen LogP contribution in [0, 0.1) is 0 Å². The molecule has 3 aromatic carbocycles. The first-order valence-electron chi connectivity index (χ1n) is 11.3. The molecule has 0 spiro atoms. The topological polar surface area (TPSA) is 102 Å². The second-order valence-corrected chi connectivity index (χ2v) is 10.8. The van der Waals surface area contributed by atoms with E-state index in [0.717, 1.165) is 33.1 Å². The van der Waals surface area contributed by atoms with Crippen molar-refractivity contribution in [3.8, 4) is 0 Å². The van der Waals surface area contributed by atoms with Gasteiger partial charge in [0.15, 0.2) is 0 Å². The fourth-order valence-electron chi connectivity index (χ4n) is 3.99. The number of anilines is 2. The van der Waals surface area contributed by atoms with Crippen molar-refractivity contribution in [3.63, 3.8) is 0 Å². The maximum atomic E-state index is 11.3. The second-order valence-electron chi connectivity index (χ2n) is 8.57. The smallest absolute Gasteiger partial charge is 0.148 e. The number of nitrogens with zero attached hydrogens (tertiary/aromatic N) is 4. The summed E-state index contributed by atoms with van der Waals surface area (Å²) < 4.78 is 24.7. The predicted octanol–water partition coefficient (Wildman–Crippen LogP) is 3.91. The van der Waals surface area contributed by atoms with Crippen molar-refractivity contribution in [3.05, 3.63) is 90.4 Å². The highest BCUT2D eigenvalue weighted by molar-refractivity contribution is 7.90. The van der Waals surface area contributed by atoms with Gasteiger partial charge in [-0.05, 0) is 41.5 Å². The number of nitrogens with one attached hydrogen (secondary N) is 2. The molecule has 2 heterocycles. The normalized spacial score (nSPS) is 11.8. The molecular weight excluding hydrogens is 460 g/mol. The molecule has 0 amide bonds. The van der Waals surface area contributed by atoms with Gasteiger partial charge < -0.3 is 10.6 Å². The minimum Gasteiger partial charge on any atom is -0.340 e. The Morgan fingerprint density at radius 2 is 1.80 bits per heavy atom. The highest BCUT2D eigenvalue weighted by Gasteiger charge is 2.09. The molecule has 8 nitrogen and oxygen atoms in total. The molecule has 5 rings (SSSR count). The van der Waals surface area contributed by atoms with Gasteiger partial charge in [-0.1, -0.05) is 36.4 Å². The lowest BCUT2D eigenvalue weighted by Crippen LogP contribution is -2.21. The van der Waals surface area contributed by atoms with E-state index >= 15 is 0 Å². The van der Waals surface area contributed by atoms with Crippen LogP contribution >= 0.6 is 0 Å². The van der Waals surface area contributed by atoms with E-state index in [2.05, 4.69) is 50.0 Å². The van der Waals surface area contributed by atoms with Crippen molar-refractivity contribution in [2.75, 3.05) is 23.9 Å². The number of hydrogen-bond acceptors (Lipinski definition) is 7. The summed E-state index contributed by atoms with van der Waals surface area (Å²) in [5.41, 5.74) is 5.04. The molecule has 0 aliphatic rings. The Bertz CT molecular complexity index is 1580. The molecule has 0 saturated carbocycles. The minimum atomic E-state index is -2.98. The highest BCUT2D eigenvalue weighted by Crippen LogP contribution is 2.26. The Morgan fingerprint density at radius 3 is 2.63 bits per heavy atom. The van der Waals surface area contributed by atoms with Crippen LogP contribution in [0.3, 0.4) is 0 Å². The van der Waals surface area contributed by atoms with Gasteiger partial charge in [-0.25, -0.2) is 18.4 Å². The van der Waals surface area contributed by atoms with Crippen molar-refractivity contribution >= 4 is 43.1 Å². The maximum absolute atomic E-state index is 11.3. The average Bonchev–Trinajstić information content (AvgIpc) is 3.24. The Kier molecular flexibility index (Phi) is 6.43. The Labute approximate surface area is 204 Å². The minimum absolute atomic E-state index is 0.112. The van der Waals surface area contributed by atoms with Gasteiger partial charge in [0.25, 0.3) is 0 Å². The first-order valence-corrected chi connectivity index (χ1v) is 13.4. The monoisotopic (exact) mass is 486 g/mol. The zero-order valence-electron chi connectivity index (χ0n) is 19.3. The van der Waals surface area contributed by atoms with Crippen LogP contribution in [0.2, 0.25) is 0 Å². The third-order valence-electron chi connectivity index (χ3n) is 5.76. The van der Waals surface area contributed by atoms with Gasteiger partial charge >= 0.3 is 0 Å². The molecule has 0 aliphatic carbocycles. The van der Waals surface area contributed by atoms with Gasteiger partial charge in [-0.15, -0.1) is 0 Å². The maximum Gasteiger partial charge on any atom is 0.148 e. The lowest BCUT2D eigenvalue weighted by molar-refractivity contribution is 0.596. The first-order chi connectivity index (χ1) is 16.9. The van der Waals surface area contributed by atoms with Crippen LogP contribution in [0.4, 0.5) is 11.5 Å². The summed E-state index contributed by atoms with van der Waals surface area (Å²) in [7, 11) is -2.98. The molecule has 2 N–H and O–H groups in total. The highest BCUT2D eigenvalue weighted by atomic mass is 32.2. The number of benzene rings is 3. The summed E-state index contributed by atoms with van der Waals surface area (Å²) in [6.07, 6.45) is 4.67. The summed E-state index contributed by atoms with van der Waals surface area (Å²) in [5, 5.41) is 13.1. The van der Waals surface area contributed by atoms with E-state index in [4.69, 9.17) is 0 Å². The molecule has 0 fully saturated rings. The van der Waals surface area contributed by atoms with Crippen molar-refractivity contribution in [2.45, 2.75) is 13.1 Å². The van der Waals surface area contributed by atoms with E-state index in [0.29, 0.717) is 25.5 Å². The summed E-state index contributed by atoms with van der Waals surface area (Å²) in [5.74, 6) is 0.824. The lowest BCUT2D eigenvalue weighted by atomic mass is 10.1. The molecule has 0 bridgehead atoms. The van der Waals surface area contributed by atoms with E-state index in [1.54, 1.807) is 6.33 Å². The largest absolute Gasteiger partial charge is 0.340 e. The molecular formula is C26H26N6O2S. The van der Waals surface area contributed by atoms with E-state index in [-0.39, 0.29) is 5.75 Å². The van der Waals surface area contributed by atoms with Crippen molar-refractivity contribution < 1.29 is 8.42 Å². The van der Waals surface area contributed by atoms with Gasteiger partial charge in [-0.2, -0.15) is 5.10 Å². The molecule has 0 saturated heterocycles. The van der Waals surface area contributed by atoms with Gasteiger partial charge in [0.2, 0.25) is 0 Å². The molecule has 5 aromatic rings. The third-order valence-corrected chi connectivity index (χ3v) is 6.70. The summed E-state index contributed by atoms with van der Waals surface area (Å²) in [6, 6.07) is 22.4. The van der Waals surface area contributed by atoms with Gasteiger partial charge in [0.1, 0.15) is 22.0 Å². The average molecular weight is 487 g/mol. The number of sulfone groups is 1. The van der Waals surface area contributed by atoms with Crippen molar-refractivity contribution in [1.29, 1.82) is 0 Å². The quantitative estimate of drug-likeness (QED) is 0.305. The van der Waals surface area contributed by atoms with Gasteiger partial charge in [-0.3, -0.25) is 4.68 Å². The summed E-state index contributed by atoms with van der Waals surface area (Å²) in [6.45, 7) is 1.69. The number of fused-ring (bicyclic) bond motifs is 2. The Morgan fingerprint density at radius 1 is 0.943 bits per heavy atom. The van der Waals surface area contributed by atoms with Crippen LogP contribution in [0.25, 0.3) is 21.8 Å². The SMILES string of the molecule is CS(=O)(=O)CCNCc1ccc2ncnc(Nc3ccc4c(cnn4Cc4ccccc4)c3)c2c1. The first kappa shape index (κ1) is 22.9. The predicted molar refractivity (Wildman–Crippen MR) is 140 cm³/mol. The Balaban J connectivity index is 1.35. The molecule has 0 atom stereocenters. The van der Waals surface area contributed by atoms with Gasteiger partial charge in [0.05, 0.1) is 29.5 Å². The van der Waals surface area contributed by atoms with Crippen LogP contribution < -0.4 is 10.6 Å². The zero-order valence-corrected chi connectivity index (χ0v) is 20.2. The molecule has 178 valence electrons. The van der Waals surface area contributed by atoms with Crippen LogP contribution in [0.1, 0.15) is 11.1 Å². The van der Waals surface area contributed by atoms with Crippen molar-refractivity contribution in [2.24, 2.45) is 0 Å². The number of hydrogen-bond donors (Lipinski definition) is 2. The standard InChI is InChI=1S/C26H26N6O2S/c1-35(33,34)12-11-27-15-20-7-9-24-23(13-20)26(29-18-28-24)31-22-8-10-25-21(14-22)16-30-32(25)17-19-5-3-2-4-6-19/h2-10,13-14,16,18,27H,11-12,15,17H2,1H3,(H,28,29,31). The zero-order chi connectivity index (χ0) is 24.3. The van der Waals surface area contributed by atoms with Crippen LogP contribution in [-0.4, -0.2) is 46.7 Å². The Hall–Kier alpha value is -3.82. The molecule has 2 aromatic heterocycles. The summed E-state index contributed by atoms with van der Waals surface area (Å²) in [4.78, 5) is 8.85. The van der Waals surface area contributed by atoms with E-state index in [1.807, 2.05) is 53.3 Å². The van der Waals surface area contributed by atoms with E-state index in [9.17, 15) is 8.42 Å².